The van der Waals surface area contributed by atoms with Gasteiger partial charge in [-0.25, -0.2) is 8.78 Å². The highest BCUT2D eigenvalue weighted by molar-refractivity contribution is 5.95. The number of hydrogen-bond donors (Lipinski definition) is 2. The first kappa shape index (κ1) is 25.2. The Bertz CT molecular complexity index is 1320. The van der Waals surface area contributed by atoms with Crippen molar-refractivity contribution >= 4 is 22.5 Å². The van der Waals surface area contributed by atoms with Gasteiger partial charge in [0.05, 0.1) is 17.7 Å². The second-order valence-electron chi connectivity index (χ2n) is 10.00. The number of aromatic amines is 1. The molecule has 1 saturated heterocycles. The number of likely N-dealkylation sites (N-methyl/N-ethyl adjacent to an activating group) is 1. The Hall–Kier alpha value is -3.41. The molecule has 5 rings (SSSR count). The number of H-pyrrole nitrogens is 1. The number of aromatic nitrogens is 1. The number of benzene rings is 2. The highest BCUT2D eigenvalue weighted by atomic mass is 19.1. The standard InChI is InChI=1S/C29H33F2N5O/c1-4-6-11-32-25-18-23-22-16-20(30)17-24(31)27(22)33-28(23)29(36(25)26(37)5-2)19-7-9-21(10-8-19)35-14-12-34(3)13-15-35/h2,7-10,16-17,25,29,32-33H,4,6,11-15,18H2,1,3H3/t25-,29+/m1/s1. The van der Waals surface area contributed by atoms with Crippen LogP contribution >= 0.6 is 0 Å². The lowest BCUT2D eigenvalue weighted by Crippen LogP contribution is -2.54. The quantitative estimate of drug-likeness (QED) is 0.393. The summed E-state index contributed by atoms with van der Waals surface area (Å²) in [5, 5.41) is 3.98. The average molecular weight is 506 g/mol. The van der Waals surface area contributed by atoms with Crippen molar-refractivity contribution in [3.8, 4) is 12.3 Å². The zero-order valence-corrected chi connectivity index (χ0v) is 21.4. The molecular formula is C29H33F2N5O. The van der Waals surface area contributed by atoms with Crippen molar-refractivity contribution in [1.82, 2.24) is 20.1 Å². The van der Waals surface area contributed by atoms with Crippen molar-refractivity contribution in [2.24, 2.45) is 0 Å². The topological polar surface area (TPSA) is 54.6 Å². The van der Waals surface area contributed by atoms with E-state index in [4.69, 9.17) is 6.42 Å². The zero-order chi connectivity index (χ0) is 26.1. The fourth-order valence-corrected chi connectivity index (χ4v) is 5.57. The van der Waals surface area contributed by atoms with E-state index in [0.29, 0.717) is 24.0 Å². The Labute approximate surface area is 216 Å². The first-order chi connectivity index (χ1) is 17.9. The number of carbonyl (C=O) groups excluding carboxylic acids is 1. The molecule has 3 aromatic rings. The highest BCUT2D eigenvalue weighted by Gasteiger charge is 2.40. The molecule has 2 atom stereocenters. The largest absolute Gasteiger partial charge is 0.369 e. The average Bonchev–Trinajstić information content (AvgIpc) is 3.26. The third-order valence-electron chi connectivity index (χ3n) is 7.60. The number of amides is 1. The van der Waals surface area contributed by atoms with Crippen LogP contribution in [0.25, 0.3) is 10.9 Å². The highest BCUT2D eigenvalue weighted by Crippen LogP contribution is 2.41. The van der Waals surface area contributed by atoms with E-state index in [1.165, 1.54) is 6.07 Å². The molecule has 1 amide bonds. The second kappa shape index (κ2) is 10.5. The third kappa shape index (κ3) is 4.81. The van der Waals surface area contributed by atoms with Gasteiger partial charge in [-0.3, -0.25) is 10.1 Å². The molecule has 2 aromatic carbocycles. The molecule has 37 heavy (non-hydrogen) atoms. The molecule has 0 unspecified atom stereocenters. The van der Waals surface area contributed by atoms with Crippen molar-refractivity contribution in [3.05, 3.63) is 64.9 Å². The van der Waals surface area contributed by atoms with Gasteiger partial charge in [-0.05, 0) is 55.3 Å². The molecule has 1 aromatic heterocycles. The number of hydrogen-bond acceptors (Lipinski definition) is 4. The van der Waals surface area contributed by atoms with Gasteiger partial charge in [0, 0.05) is 55.4 Å². The van der Waals surface area contributed by atoms with Gasteiger partial charge < -0.3 is 19.7 Å². The fourth-order valence-electron chi connectivity index (χ4n) is 5.57. The predicted octanol–water partition coefficient (Wildman–Crippen LogP) is 4.02. The Kier molecular flexibility index (Phi) is 7.18. The molecular weight excluding hydrogens is 472 g/mol. The van der Waals surface area contributed by atoms with Crippen LogP contribution in [0.5, 0.6) is 0 Å². The van der Waals surface area contributed by atoms with E-state index >= 15 is 0 Å². The zero-order valence-electron chi connectivity index (χ0n) is 21.4. The molecule has 0 saturated carbocycles. The number of rotatable bonds is 6. The summed E-state index contributed by atoms with van der Waals surface area (Å²) in [4.78, 5) is 22.7. The summed E-state index contributed by atoms with van der Waals surface area (Å²) < 4.78 is 29.1. The van der Waals surface area contributed by atoms with Crippen molar-refractivity contribution < 1.29 is 13.6 Å². The molecule has 6 nitrogen and oxygen atoms in total. The molecule has 0 aliphatic carbocycles. The number of carbonyl (C=O) groups is 1. The number of piperazine rings is 1. The van der Waals surface area contributed by atoms with E-state index in [2.05, 4.69) is 52.1 Å². The van der Waals surface area contributed by atoms with Gasteiger partial charge in [0.25, 0.3) is 5.91 Å². The fraction of sp³-hybridized carbons (Fsp3) is 0.414. The smallest absolute Gasteiger partial charge is 0.300 e. The molecule has 8 heteroatoms. The van der Waals surface area contributed by atoms with Crippen LogP contribution in [-0.2, 0) is 11.2 Å². The Morgan fingerprint density at radius 2 is 1.89 bits per heavy atom. The summed E-state index contributed by atoms with van der Waals surface area (Å²) in [5.41, 5.74) is 3.69. The van der Waals surface area contributed by atoms with Gasteiger partial charge in [-0.15, -0.1) is 6.42 Å². The molecule has 2 aliphatic heterocycles. The minimum Gasteiger partial charge on any atom is -0.369 e. The van der Waals surface area contributed by atoms with E-state index in [1.54, 1.807) is 4.90 Å². The van der Waals surface area contributed by atoms with Crippen LogP contribution in [0.15, 0.2) is 36.4 Å². The van der Waals surface area contributed by atoms with Crippen molar-refractivity contribution in [1.29, 1.82) is 0 Å². The molecule has 0 spiro atoms. The van der Waals surface area contributed by atoms with Crippen molar-refractivity contribution in [3.63, 3.8) is 0 Å². The number of halogens is 2. The summed E-state index contributed by atoms with van der Waals surface area (Å²) in [7, 11) is 2.12. The van der Waals surface area contributed by atoms with Crippen molar-refractivity contribution in [2.45, 2.75) is 38.4 Å². The van der Waals surface area contributed by atoms with Crippen LogP contribution in [0.1, 0.15) is 42.6 Å². The minimum atomic E-state index is -0.654. The SMILES string of the molecule is C#CC(=O)N1[C@@H](c2ccc(N3CCN(C)CC3)cc2)c2[nH]c3c(F)cc(F)cc3c2C[C@@H]1NCCCC. The summed E-state index contributed by atoms with van der Waals surface area (Å²) in [5.74, 6) is 0.566. The number of unbranched alkanes of at least 4 members (excludes halogenated alkanes) is 1. The van der Waals surface area contributed by atoms with Crippen LogP contribution in [0.3, 0.4) is 0 Å². The first-order valence-electron chi connectivity index (χ1n) is 13.0. The predicted molar refractivity (Wildman–Crippen MR) is 142 cm³/mol. The van der Waals surface area contributed by atoms with E-state index in [9.17, 15) is 13.6 Å². The Morgan fingerprint density at radius 1 is 1.16 bits per heavy atom. The van der Waals surface area contributed by atoms with Gasteiger partial charge in [-0.1, -0.05) is 25.5 Å². The maximum Gasteiger partial charge on any atom is 0.300 e. The normalized spacial score (nSPS) is 20.2. The number of nitrogens with one attached hydrogen (secondary N) is 2. The Morgan fingerprint density at radius 3 is 2.57 bits per heavy atom. The molecule has 2 aliphatic rings. The lowest BCUT2D eigenvalue weighted by atomic mass is 9.90. The monoisotopic (exact) mass is 505 g/mol. The summed E-state index contributed by atoms with van der Waals surface area (Å²) in [6, 6.07) is 9.83. The molecule has 2 N–H and O–H groups in total. The lowest BCUT2D eigenvalue weighted by Gasteiger charge is -2.42. The number of terminal acetylenes is 1. The second-order valence-corrected chi connectivity index (χ2v) is 10.00. The van der Waals surface area contributed by atoms with Crippen LogP contribution in [0.2, 0.25) is 0 Å². The van der Waals surface area contributed by atoms with Gasteiger partial charge in [0.1, 0.15) is 11.6 Å². The molecule has 0 bridgehead atoms. The van der Waals surface area contributed by atoms with Crippen LogP contribution in [0, 0.1) is 24.0 Å². The molecule has 1 fully saturated rings. The van der Waals surface area contributed by atoms with Crippen LogP contribution in [0.4, 0.5) is 14.5 Å². The lowest BCUT2D eigenvalue weighted by molar-refractivity contribution is -0.130. The molecule has 0 radical (unpaired) electrons. The molecule has 194 valence electrons. The third-order valence-corrected chi connectivity index (χ3v) is 7.60. The molecule has 3 heterocycles. The first-order valence-corrected chi connectivity index (χ1v) is 13.0. The van der Waals surface area contributed by atoms with Crippen molar-refractivity contribution in [2.75, 3.05) is 44.7 Å². The van der Waals surface area contributed by atoms with Gasteiger partial charge in [0.15, 0.2) is 0 Å². The minimum absolute atomic E-state index is 0.243. The van der Waals surface area contributed by atoms with E-state index in [0.717, 1.165) is 61.9 Å². The summed E-state index contributed by atoms with van der Waals surface area (Å²) >= 11 is 0. The maximum atomic E-state index is 14.8. The number of fused-ring (bicyclic) bond motifs is 3. The van der Waals surface area contributed by atoms with E-state index < -0.39 is 29.7 Å². The number of nitrogens with zero attached hydrogens (tertiary/aromatic N) is 3. The Balaban J connectivity index is 1.60. The summed E-state index contributed by atoms with van der Waals surface area (Å²) in [6.45, 7) is 6.69. The van der Waals surface area contributed by atoms with Crippen LogP contribution in [-0.4, -0.2) is 66.6 Å². The summed E-state index contributed by atoms with van der Waals surface area (Å²) in [6.07, 6.45) is 7.55. The van der Waals surface area contributed by atoms with E-state index in [1.807, 2.05) is 12.1 Å². The maximum absolute atomic E-state index is 14.8. The van der Waals surface area contributed by atoms with Gasteiger partial charge in [-0.2, -0.15) is 0 Å². The van der Waals surface area contributed by atoms with Gasteiger partial charge >= 0.3 is 0 Å². The number of anilines is 1. The van der Waals surface area contributed by atoms with Gasteiger partial charge in [0.2, 0.25) is 0 Å². The van der Waals surface area contributed by atoms with Crippen LogP contribution < -0.4 is 10.2 Å². The van der Waals surface area contributed by atoms with E-state index in [-0.39, 0.29) is 5.52 Å².